The maximum Gasteiger partial charge on any atom is 0.303 e. The zero-order valence-corrected chi connectivity index (χ0v) is 17.1. The van der Waals surface area contributed by atoms with Gasteiger partial charge in [0.2, 0.25) is 0 Å². The normalized spacial score (nSPS) is 23.2. The molecule has 1 aliphatic carbocycles. The van der Waals surface area contributed by atoms with E-state index in [0.717, 1.165) is 15.0 Å². The van der Waals surface area contributed by atoms with Crippen LogP contribution in [0.25, 0.3) is 10.1 Å². The van der Waals surface area contributed by atoms with Gasteiger partial charge in [-0.25, -0.2) is 4.39 Å². The number of aliphatic carboxylic acids is 1. The van der Waals surface area contributed by atoms with E-state index in [1.165, 1.54) is 0 Å². The Morgan fingerprint density at radius 1 is 1.31 bits per heavy atom. The van der Waals surface area contributed by atoms with Gasteiger partial charge in [0, 0.05) is 34.3 Å². The number of halogens is 1. The van der Waals surface area contributed by atoms with Crippen molar-refractivity contribution < 1.29 is 24.2 Å². The van der Waals surface area contributed by atoms with Crippen molar-refractivity contribution >= 4 is 33.2 Å². The van der Waals surface area contributed by atoms with Crippen LogP contribution in [0.2, 0.25) is 0 Å². The van der Waals surface area contributed by atoms with Gasteiger partial charge in [-0.05, 0) is 49.6 Å². The Bertz CT molecular complexity index is 842. The Morgan fingerprint density at radius 2 is 2.10 bits per heavy atom. The largest absolute Gasteiger partial charge is 0.481 e. The molecule has 4 atom stereocenters. The molecule has 1 fully saturated rings. The maximum atomic E-state index is 14.4. The van der Waals surface area contributed by atoms with Crippen LogP contribution < -0.4 is 0 Å². The highest BCUT2D eigenvalue weighted by Crippen LogP contribution is 2.39. The van der Waals surface area contributed by atoms with Crippen LogP contribution in [0, 0.1) is 11.8 Å². The molecule has 1 heterocycles. The van der Waals surface area contributed by atoms with E-state index in [1.54, 1.807) is 11.3 Å². The van der Waals surface area contributed by atoms with Gasteiger partial charge in [0.1, 0.15) is 12.0 Å². The topological polar surface area (TPSA) is 74.6 Å². The van der Waals surface area contributed by atoms with Crippen molar-refractivity contribution in [3.8, 4) is 0 Å². The summed E-state index contributed by atoms with van der Waals surface area (Å²) in [4.78, 5) is 23.7. The SMILES string of the molecule is O=C(O)CCC/C=C\C[C@H]1[C@H](F)CC(=O)[C@@H]1CC[C@@H](O)c1cc2ccccc2s1. The average molecular weight is 419 g/mol. The van der Waals surface area contributed by atoms with Crippen LogP contribution in [-0.2, 0) is 9.59 Å². The van der Waals surface area contributed by atoms with Crippen LogP contribution in [0.3, 0.4) is 0 Å². The molecule has 0 amide bonds. The van der Waals surface area contributed by atoms with E-state index in [-0.39, 0.29) is 30.5 Å². The molecule has 2 N–H and O–H groups in total. The second-order valence-electron chi connectivity index (χ2n) is 7.73. The van der Waals surface area contributed by atoms with Crippen LogP contribution in [0.15, 0.2) is 42.5 Å². The quantitative estimate of drug-likeness (QED) is 0.397. The molecule has 0 unspecified atom stereocenters. The standard InChI is InChI=1S/C23H27FO4S/c24-18-14-20(26)17(16(18)8-3-1-2-4-10-23(27)28)11-12-19(25)22-13-15-7-5-6-9-21(15)29-22/h1,3,5-7,9,13,16-19,25H,2,4,8,10-12,14H2,(H,27,28)/b3-1-/t16-,17-,18-,19-/m1/s1. The Hall–Kier alpha value is -2.05. The number of allylic oxidation sites excluding steroid dienone is 2. The van der Waals surface area contributed by atoms with Crippen molar-refractivity contribution in [2.75, 3.05) is 0 Å². The summed E-state index contributed by atoms with van der Waals surface area (Å²) >= 11 is 1.55. The maximum absolute atomic E-state index is 14.4. The Labute approximate surface area is 174 Å². The fraction of sp³-hybridized carbons (Fsp3) is 0.478. The first-order valence-corrected chi connectivity index (χ1v) is 11.0. The van der Waals surface area contributed by atoms with Gasteiger partial charge in [-0.3, -0.25) is 9.59 Å². The molecule has 0 radical (unpaired) electrons. The second-order valence-corrected chi connectivity index (χ2v) is 8.84. The number of carbonyl (C=O) groups is 2. The number of hydrogen-bond donors (Lipinski definition) is 2. The van der Waals surface area contributed by atoms with Crippen LogP contribution in [-0.4, -0.2) is 28.1 Å². The molecular weight excluding hydrogens is 391 g/mol. The van der Waals surface area contributed by atoms with Crippen LogP contribution in [0.5, 0.6) is 0 Å². The number of carbonyl (C=O) groups excluding carboxylic acids is 1. The number of alkyl halides is 1. The highest BCUT2D eigenvalue weighted by molar-refractivity contribution is 7.19. The first-order chi connectivity index (χ1) is 14.0. The number of benzene rings is 1. The molecule has 0 aliphatic heterocycles. The number of unbranched alkanes of at least 4 members (excludes halogenated alkanes) is 1. The van der Waals surface area contributed by atoms with Crippen molar-refractivity contribution in [3.63, 3.8) is 0 Å². The summed E-state index contributed by atoms with van der Waals surface area (Å²) in [5, 5.41) is 20.3. The molecule has 1 aromatic carbocycles. The fourth-order valence-corrected chi connectivity index (χ4v) is 5.15. The fourth-order valence-electron chi connectivity index (χ4n) is 4.06. The van der Waals surface area contributed by atoms with E-state index < -0.39 is 18.2 Å². The number of ketones is 1. The van der Waals surface area contributed by atoms with Gasteiger partial charge in [0.25, 0.3) is 0 Å². The van der Waals surface area contributed by atoms with Crippen molar-refractivity contribution in [2.24, 2.45) is 11.8 Å². The molecule has 4 nitrogen and oxygen atoms in total. The van der Waals surface area contributed by atoms with E-state index >= 15 is 0 Å². The number of hydrogen-bond acceptors (Lipinski definition) is 4. The number of aliphatic hydroxyl groups excluding tert-OH is 1. The molecule has 1 saturated carbocycles. The predicted octanol–water partition coefficient (Wildman–Crippen LogP) is 5.46. The first-order valence-electron chi connectivity index (χ1n) is 10.2. The summed E-state index contributed by atoms with van der Waals surface area (Å²) in [6, 6.07) is 9.94. The summed E-state index contributed by atoms with van der Waals surface area (Å²) in [6.45, 7) is 0. The minimum atomic E-state index is -1.14. The van der Waals surface area contributed by atoms with Crippen molar-refractivity contribution in [1.29, 1.82) is 0 Å². The molecule has 156 valence electrons. The number of fused-ring (bicyclic) bond motifs is 1. The summed E-state index contributed by atoms with van der Waals surface area (Å²) in [5.74, 6) is -1.59. The van der Waals surface area contributed by atoms with Crippen LogP contribution in [0.4, 0.5) is 4.39 Å². The minimum Gasteiger partial charge on any atom is -0.481 e. The van der Waals surface area contributed by atoms with Gasteiger partial charge in [-0.1, -0.05) is 30.4 Å². The van der Waals surface area contributed by atoms with Gasteiger partial charge in [0.05, 0.1) is 6.10 Å². The molecule has 1 aliphatic rings. The lowest BCUT2D eigenvalue weighted by Crippen LogP contribution is -2.18. The third-order valence-corrected chi connectivity index (χ3v) is 6.87. The highest BCUT2D eigenvalue weighted by atomic mass is 32.1. The van der Waals surface area contributed by atoms with E-state index in [9.17, 15) is 19.1 Å². The smallest absolute Gasteiger partial charge is 0.303 e. The Kier molecular flexibility index (Phi) is 7.56. The molecule has 6 heteroatoms. The minimum absolute atomic E-state index is 0.0405. The number of thiophene rings is 1. The third-order valence-electron chi connectivity index (χ3n) is 5.65. The van der Waals surface area contributed by atoms with Gasteiger partial charge >= 0.3 is 5.97 Å². The van der Waals surface area contributed by atoms with E-state index in [2.05, 4.69) is 0 Å². The lowest BCUT2D eigenvalue weighted by molar-refractivity contribution is -0.137. The predicted molar refractivity (Wildman–Crippen MR) is 113 cm³/mol. The Morgan fingerprint density at radius 3 is 2.86 bits per heavy atom. The molecular formula is C23H27FO4S. The summed E-state index contributed by atoms with van der Waals surface area (Å²) in [6.07, 6.45) is 4.62. The molecule has 0 spiro atoms. The summed E-state index contributed by atoms with van der Waals surface area (Å²) in [7, 11) is 0. The average Bonchev–Trinajstić information content (AvgIpc) is 3.23. The van der Waals surface area contributed by atoms with E-state index in [4.69, 9.17) is 5.11 Å². The lowest BCUT2D eigenvalue weighted by Gasteiger charge is -2.19. The number of rotatable bonds is 10. The van der Waals surface area contributed by atoms with Crippen LogP contribution >= 0.6 is 11.3 Å². The highest BCUT2D eigenvalue weighted by Gasteiger charge is 2.41. The number of carboxylic acid groups (broad SMARTS) is 1. The first kappa shape index (κ1) is 21.7. The number of aliphatic hydroxyl groups is 1. The lowest BCUT2D eigenvalue weighted by atomic mass is 9.87. The number of Topliss-reactive ketones (excluding diaryl/α,β-unsaturated/α-hetero) is 1. The van der Waals surface area contributed by atoms with Gasteiger partial charge in [-0.2, -0.15) is 0 Å². The van der Waals surface area contributed by atoms with Crippen molar-refractivity contribution in [3.05, 3.63) is 47.4 Å². The zero-order valence-electron chi connectivity index (χ0n) is 16.3. The second kappa shape index (κ2) is 10.1. The van der Waals surface area contributed by atoms with Gasteiger partial charge in [0.15, 0.2) is 0 Å². The number of carboxylic acids is 1. The molecule has 0 bridgehead atoms. The van der Waals surface area contributed by atoms with Crippen molar-refractivity contribution in [1.82, 2.24) is 0 Å². The third kappa shape index (κ3) is 5.73. The molecule has 0 saturated heterocycles. The molecule has 2 aromatic rings. The van der Waals surface area contributed by atoms with Gasteiger partial charge < -0.3 is 10.2 Å². The van der Waals surface area contributed by atoms with E-state index in [1.807, 2.05) is 42.5 Å². The molecule has 1 aromatic heterocycles. The van der Waals surface area contributed by atoms with Gasteiger partial charge in [-0.15, -0.1) is 11.3 Å². The van der Waals surface area contributed by atoms with E-state index in [0.29, 0.717) is 32.1 Å². The van der Waals surface area contributed by atoms with Crippen LogP contribution in [0.1, 0.15) is 55.9 Å². The van der Waals surface area contributed by atoms with Crippen molar-refractivity contribution in [2.45, 2.75) is 57.2 Å². The molecule has 3 rings (SSSR count). The Balaban J connectivity index is 1.53. The molecule has 29 heavy (non-hydrogen) atoms. The summed E-state index contributed by atoms with van der Waals surface area (Å²) in [5.41, 5.74) is 0. The zero-order chi connectivity index (χ0) is 20.8. The summed E-state index contributed by atoms with van der Waals surface area (Å²) < 4.78 is 15.5. The monoisotopic (exact) mass is 418 g/mol.